The lowest BCUT2D eigenvalue weighted by Gasteiger charge is -2.19. The van der Waals surface area contributed by atoms with Gasteiger partial charge in [0.15, 0.2) is 4.67 Å². The zero-order chi connectivity index (χ0) is 13.3. The fraction of sp³-hybridized carbons (Fsp3) is 0.286. The highest BCUT2D eigenvalue weighted by Gasteiger charge is 2.22. The molecule has 0 saturated heterocycles. The summed E-state index contributed by atoms with van der Waals surface area (Å²) >= 11 is 3.34. The average molecular weight is 312 g/mol. The van der Waals surface area contributed by atoms with Gasteiger partial charge in [0.25, 0.3) is 0 Å². The van der Waals surface area contributed by atoms with Crippen LogP contribution >= 0.6 is 15.9 Å². The zero-order valence-electron chi connectivity index (χ0n) is 10.6. The van der Waals surface area contributed by atoms with E-state index >= 15 is 0 Å². The van der Waals surface area contributed by atoms with Crippen molar-refractivity contribution >= 4 is 15.9 Å². The van der Waals surface area contributed by atoms with Crippen molar-refractivity contribution in [1.82, 2.24) is 5.32 Å². The summed E-state index contributed by atoms with van der Waals surface area (Å²) in [4.78, 5) is 0. The molecule has 0 aliphatic rings. The Morgan fingerprint density at radius 3 is 2.56 bits per heavy atom. The van der Waals surface area contributed by atoms with E-state index in [-0.39, 0.29) is 11.9 Å². The van der Waals surface area contributed by atoms with Crippen molar-refractivity contribution in [2.24, 2.45) is 0 Å². The maximum Gasteiger partial charge on any atom is 0.174 e. The van der Waals surface area contributed by atoms with Crippen LogP contribution in [-0.2, 0) is 0 Å². The van der Waals surface area contributed by atoms with Crippen molar-refractivity contribution in [2.75, 3.05) is 7.05 Å². The molecule has 0 aliphatic heterocycles. The van der Waals surface area contributed by atoms with Gasteiger partial charge in [-0.05, 0) is 60.1 Å². The van der Waals surface area contributed by atoms with Crippen LogP contribution in [-0.4, -0.2) is 7.05 Å². The van der Waals surface area contributed by atoms with Crippen molar-refractivity contribution in [3.8, 4) is 0 Å². The van der Waals surface area contributed by atoms with Gasteiger partial charge in [-0.3, -0.25) is 0 Å². The molecule has 0 spiro atoms. The van der Waals surface area contributed by atoms with E-state index in [1.165, 1.54) is 0 Å². The number of nitrogens with one attached hydrogen (secondary N) is 1. The average Bonchev–Trinajstić information content (AvgIpc) is 2.69. The molecular formula is C14H15BrFNO. The second kappa shape index (κ2) is 5.24. The molecule has 1 unspecified atom stereocenters. The monoisotopic (exact) mass is 311 g/mol. The molecule has 1 aromatic carbocycles. The number of furan rings is 1. The van der Waals surface area contributed by atoms with Crippen molar-refractivity contribution in [3.05, 3.63) is 57.2 Å². The second-order valence-electron chi connectivity index (χ2n) is 4.35. The molecule has 4 heteroatoms. The molecule has 96 valence electrons. The third-order valence-corrected chi connectivity index (χ3v) is 3.66. The number of benzene rings is 1. The minimum atomic E-state index is -0.223. The van der Waals surface area contributed by atoms with E-state index in [9.17, 15) is 4.39 Å². The molecule has 1 heterocycles. The Morgan fingerprint density at radius 2 is 2.06 bits per heavy atom. The van der Waals surface area contributed by atoms with Crippen LogP contribution in [0.25, 0.3) is 0 Å². The van der Waals surface area contributed by atoms with Gasteiger partial charge in [-0.25, -0.2) is 4.39 Å². The van der Waals surface area contributed by atoms with Crippen LogP contribution in [0, 0.1) is 19.7 Å². The van der Waals surface area contributed by atoms with Crippen LogP contribution in [0.5, 0.6) is 0 Å². The lowest BCUT2D eigenvalue weighted by molar-refractivity contribution is 0.524. The lowest BCUT2D eigenvalue weighted by Crippen LogP contribution is -2.20. The lowest BCUT2D eigenvalue weighted by atomic mass is 9.95. The van der Waals surface area contributed by atoms with Crippen molar-refractivity contribution in [3.63, 3.8) is 0 Å². The van der Waals surface area contributed by atoms with Gasteiger partial charge in [-0.2, -0.15) is 0 Å². The van der Waals surface area contributed by atoms with E-state index in [1.54, 1.807) is 12.3 Å². The first kappa shape index (κ1) is 13.3. The van der Waals surface area contributed by atoms with E-state index in [4.69, 9.17) is 4.42 Å². The third kappa shape index (κ3) is 2.35. The molecule has 0 saturated carbocycles. The summed E-state index contributed by atoms with van der Waals surface area (Å²) in [5, 5.41) is 3.13. The molecule has 2 aromatic rings. The predicted octanol–water partition coefficient (Wildman–Crippen LogP) is 4.11. The molecule has 0 aliphatic carbocycles. The van der Waals surface area contributed by atoms with Crippen LogP contribution in [0.15, 0.2) is 33.5 Å². The molecule has 0 radical (unpaired) electrons. The molecule has 1 N–H and O–H groups in total. The number of hydrogen-bond acceptors (Lipinski definition) is 2. The second-order valence-corrected chi connectivity index (χ2v) is 5.07. The molecule has 0 amide bonds. The smallest absolute Gasteiger partial charge is 0.174 e. The molecule has 0 fully saturated rings. The van der Waals surface area contributed by atoms with E-state index in [0.29, 0.717) is 10.2 Å². The van der Waals surface area contributed by atoms with Crippen LogP contribution < -0.4 is 5.32 Å². The Hall–Kier alpha value is -1.13. The van der Waals surface area contributed by atoms with E-state index < -0.39 is 0 Å². The Balaban J connectivity index is 2.56. The fourth-order valence-corrected chi connectivity index (χ4v) is 2.73. The number of rotatable bonds is 3. The van der Waals surface area contributed by atoms with Crippen molar-refractivity contribution in [1.29, 1.82) is 0 Å². The van der Waals surface area contributed by atoms with E-state index in [0.717, 1.165) is 16.7 Å². The predicted molar refractivity (Wildman–Crippen MR) is 73.2 cm³/mol. The molecule has 1 atom stereocenters. The first-order chi connectivity index (χ1) is 8.54. The zero-order valence-corrected chi connectivity index (χ0v) is 12.1. The first-order valence-electron chi connectivity index (χ1n) is 5.71. The fourth-order valence-electron chi connectivity index (χ4n) is 2.26. The van der Waals surface area contributed by atoms with Crippen LogP contribution in [0.1, 0.15) is 28.3 Å². The number of halogens is 2. The summed E-state index contributed by atoms with van der Waals surface area (Å²) in [6.07, 6.45) is 1.59. The minimum Gasteiger partial charge on any atom is -0.457 e. The Labute approximate surface area is 114 Å². The van der Waals surface area contributed by atoms with Gasteiger partial charge in [0, 0.05) is 11.1 Å². The summed E-state index contributed by atoms with van der Waals surface area (Å²) in [7, 11) is 1.81. The Bertz CT molecular complexity index is 542. The topological polar surface area (TPSA) is 25.2 Å². The summed E-state index contributed by atoms with van der Waals surface area (Å²) in [5.74, 6) is -0.194. The normalized spacial score (nSPS) is 12.7. The number of hydrogen-bond donors (Lipinski definition) is 1. The van der Waals surface area contributed by atoms with Crippen LogP contribution in [0.4, 0.5) is 4.39 Å². The highest BCUT2D eigenvalue weighted by Crippen LogP contribution is 2.32. The first-order valence-corrected chi connectivity index (χ1v) is 6.50. The summed E-state index contributed by atoms with van der Waals surface area (Å²) in [6, 6.07) is 5.15. The highest BCUT2D eigenvalue weighted by molar-refractivity contribution is 9.10. The van der Waals surface area contributed by atoms with Gasteiger partial charge < -0.3 is 9.73 Å². The van der Waals surface area contributed by atoms with Crippen molar-refractivity contribution in [2.45, 2.75) is 19.9 Å². The molecule has 18 heavy (non-hydrogen) atoms. The van der Waals surface area contributed by atoms with Crippen LogP contribution in [0.2, 0.25) is 0 Å². The van der Waals surface area contributed by atoms with Gasteiger partial charge in [0.2, 0.25) is 0 Å². The molecular weight excluding hydrogens is 297 g/mol. The van der Waals surface area contributed by atoms with E-state index in [1.807, 2.05) is 33.0 Å². The standard InChI is InChI=1S/C14H15BrFNO/c1-8-6-9(2)12(11(16)7-8)13(17-3)10-4-5-18-14(10)15/h4-7,13,17H,1-3H3. The van der Waals surface area contributed by atoms with Gasteiger partial charge in [0.1, 0.15) is 5.82 Å². The van der Waals surface area contributed by atoms with Gasteiger partial charge >= 0.3 is 0 Å². The van der Waals surface area contributed by atoms with Gasteiger partial charge in [-0.15, -0.1) is 0 Å². The maximum atomic E-state index is 14.2. The largest absolute Gasteiger partial charge is 0.457 e. The third-order valence-electron chi connectivity index (χ3n) is 3.02. The quantitative estimate of drug-likeness (QED) is 0.923. The maximum absolute atomic E-state index is 14.2. The molecule has 1 aromatic heterocycles. The van der Waals surface area contributed by atoms with E-state index in [2.05, 4.69) is 21.2 Å². The Kier molecular flexibility index (Phi) is 3.88. The summed E-state index contributed by atoms with van der Waals surface area (Å²) in [5.41, 5.74) is 3.41. The van der Waals surface area contributed by atoms with Gasteiger partial charge in [0.05, 0.1) is 12.3 Å². The highest BCUT2D eigenvalue weighted by atomic mass is 79.9. The SMILES string of the molecule is CNC(c1ccoc1Br)c1c(C)cc(C)cc1F. The summed E-state index contributed by atoms with van der Waals surface area (Å²) < 4.78 is 20.0. The van der Waals surface area contributed by atoms with Gasteiger partial charge in [-0.1, -0.05) is 6.07 Å². The number of aryl methyl sites for hydroxylation is 2. The summed E-state index contributed by atoms with van der Waals surface area (Å²) in [6.45, 7) is 3.81. The minimum absolute atomic E-state index is 0.194. The van der Waals surface area contributed by atoms with Crippen LogP contribution in [0.3, 0.4) is 0 Å². The molecule has 2 rings (SSSR count). The molecule has 0 bridgehead atoms. The van der Waals surface area contributed by atoms with Crippen molar-refractivity contribution < 1.29 is 8.81 Å². The molecule has 2 nitrogen and oxygen atoms in total. The Morgan fingerprint density at radius 1 is 1.33 bits per heavy atom.